The van der Waals surface area contributed by atoms with Crippen molar-refractivity contribution in [2.24, 2.45) is 0 Å². The zero-order chi connectivity index (χ0) is 29.7. The summed E-state index contributed by atoms with van der Waals surface area (Å²) in [6, 6.07) is 23.0. The van der Waals surface area contributed by atoms with Crippen molar-refractivity contribution in [3.63, 3.8) is 0 Å². The number of amides is 1. The summed E-state index contributed by atoms with van der Waals surface area (Å²) in [5, 5.41) is 7.35. The van der Waals surface area contributed by atoms with Crippen LogP contribution < -0.4 is 5.32 Å². The van der Waals surface area contributed by atoms with Crippen LogP contribution in [0.1, 0.15) is 49.6 Å². The number of anilines is 1. The van der Waals surface area contributed by atoms with Crippen molar-refractivity contribution in [1.29, 1.82) is 0 Å². The van der Waals surface area contributed by atoms with Gasteiger partial charge in [0.15, 0.2) is 5.76 Å². The van der Waals surface area contributed by atoms with E-state index >= 15 is 0 Å². The first kappa shape index (κ1) is 29.4. The van der Waals surface area contributed by atoms with E-state index < -0.39 is 17.6 Å². The van der Waals surface area contributed by atoms with Crippen LogP contribution >= 0.6 is 11.6 Å². The Morgan fingerprint density at radius 2 is 1.60 bits per heavy atom. The Kier molecular flexibility index (Phi) is 8.94. The first-order valence-electron chi connectivity index (χ1n) is 14.0. The molecule has 8 nitrogen and oxygen atoms in total. The van der Waals surface area contributed by atoms with Gasteiger partial charge in [-0.2, -0.15) is 0 Å². The minimum atomic E-state index is -0.684. The predicted octanol–water partition coefficient (Wildman–Crippen LogP) is 7.89. The summed E-state index contributed by atoms with van der Waals surface area (Å²) in [6.07, 6.45) is 0.00177. The maximum absolute atomic E-state index is 12.9. The Hall–Kier alpha value is -4.14. The van der Waals surface area contributed by atoms with E-state index in [1.807, 2.05) is 73.7 Å². The van der Waals surface area contributed by atoms with Crippen molar-refractivity contribution in [2.75, 3.05) is 25.1 Å². The van der Waals surface area contributed by atoms with Crippen molar-refractivity contribution in [1.82, 2.24) is 5.16 Å². The zero-order valence-corrected chi connectivity index (χ0v) is 24.6. The summed E-state index contributed by atoms with van der Waals surface area (Å²) in [5.74, 6) is 0.229. The smallest absolute Gasteiger partial charge is 0.412 e. The number of hydrogen-bond donors (Lipinski definition) is 1. The molecule has 42 heavy (non-hydrogen) atoms. The molecule has 0 bridgehead atoms. The van der Waals surface area contributed by atoms with E-state index in [0.717, 1.165) is 22.3 Å². The number of nitrogens with zero attached hydrogens (tertiary/aromatic N) is 1. The van der Waals surface area contributed by atoms with Gasteiger partial charge in [-0.1, -0.05) is 83.5 Å². The first-order valence-corrected chi connectivity index (χ1v) is 14.3. The Morgan fingerprint density at radius 1 is 0.976 bits per heavy atom. The lowest BCUT2D eigenvalue weighted by Crippen LogP contribution is -2.42. The van der Waals surface area contributed by atoms with Gasteiger partial charge in [-0.3, -0.25) is 10.1 Å². The average molecular weight is 589 g/mol. The van der Waals surface area contributed by atoms with E-state index in [-0.39, 0.29) is 5.97 Å². The number of aromatic nitrogens is 1. The number of hydrogen-bond acceptors (Lipinski definition) is 7. The summed E-state index contributed by atoms with van der Waals surface area (Å²) in [6.45, 7) is 6.73. The predicted molar refractivity (Wildman–Crippen MR) is 160 cm³/mol. The van der Waals surface area contributed by atoms with E-state index in [2.05, 4.69) is 10.5 Å². The van der Waals surface area contributed by atoms with Crippen molar-refractivity contribution in [3.05, 3.63) is 94.6 Å². The molecule has 1 unspecified atom stereocenters. The van der Waals surface area contributed by atoms with E-state index in [9.17, 15) is 9.59 Å². The number of halogens is 1. The second-order valence-electron chi connectivity index (χ2n) is 10.2. The molecule has 9 heteroatoms. The molecule has 0 spiro atoms. The fourth-order valence-electron chi connectivity index (χ4n) is 5.27. The van der Waals surface area contributed by atoms with Crippen LogP contribution in [-0.4, -0.2) is 37.0 Å². The topological polar surface area (TPSA) is 99.9 Å². The second kappa shape index (κ2) is 12.8. The number of carbonyl (C=O) groups excluding carboxylic acids is 2. The van der Waals surface area contributed by atoms with Gasteiger partial charge in [0, 0.05) is 29.4 Å². The lowest BCUT2D eigenvalue weighted by atomic mass is 9.74. The highest BCUT2D eigenvalue weighted by Crippen LogP contribution is 2.38. The third-order valence-corrected chi connectivity index (χ3v) is 7.99. The van der Waals surface area contributed by atoms with E-state index in [4.69, 9.17) is 30.3 Å². The maximum Gasteiger partial charge on any atom is 0.412 e. The van der Waals surface area contributed by atoms with Gasteiger partial charge in [0.2, 0.25) is 0 Å². The van der Waals surface area contributed by atoms with E-state index in [1.165, 1.54) is 0 Å². The fourth-order valence-corrected chi connectivity index (χ4v) is 5.56. The molecule has 1 atom stereocenters. The van der Waals surface area contributed by atoms with Gasteiger partial charge in [0.25, 0.3) is 0 Å². The molecular formula is C33H33ClN2O6. The Bertz CT molecular complexity index is 1540. The maximum atomic E-state index is 12.9. The van der Waals surface area contributed by atoms with Crippen LogP contribution in [0.2, 0.25) is 5.02 Å². The quantitative estimate of drug-likeness (QED) is 0.209. The summed E-state index contributed by atoms with van der Waals surface area (Å²) in [5.41, 5.74) is 4.66. The Morgan fingerprint density at radius 3 is 2.24 bits per heavy atom. The van der Waals surface area contributed by atoms with Gasteiger partial charge in [-0.25, -0.2) is 4.79 Å². The molecule has 0 aliphatic carbocycles. The number of carbonyl (C=O) groups is 2. The molecule has 1 aromatic heterocycles. The molecule has 0 saturated carbocycles. The number of benzene rings is 3. The SMILES string of the molecule is CCOC(=O)C1(c2ccc(-c3ccc(-c4onc(C)c4NC(=O)OC(C)c4ccccc4Cl)cc3)cc2)CCOCC1. The van der Waals surface area contributed by atoms with Gasteiger partial charge >= 0.3 is 12.1 Å². The number of ether oxygens (including phenoxy) is 3. The van der Waals surface area contributed by atoms with E-state index in [0.29, 0.717) is 60.4 Å². The molecule has 3 aromatic carbocycles. The minimum Gasteiger partial charge on any atom is -0.465 e. The van der Waals surface area contributed by atoms with Gasteiger partial charge in [-0.05, 0) is 56.4 Å². The lowest BCUT2D eigenvalue weighted by Gasteiger charge is -2.35. The number of esters is 1. The van der Waals surface area contributed by atoms with Crippen molar-refractivity contribution >= 4 is 29.4 Å². The number of nitrogens with one attached hydrogen (secondary N) is 1. The van der Waals surface area contributed by atoms with Crippen LogP contribution in [0.15, 0.2) is 77.3 Å². The molecule has 1 N–H and O–H groups in total. The highest BCUT2D eigenvalue weighted by Gasteiger charge is 2.43. The molecule has 218 valence electrons. The standard InChI is InChI=1S/C33H33ClN2O6/c1-4-40-31(37)33(17-19-39-20-18-33)26-15-13-24(14-16-26)23-9-11-25(12-10-23)30-29(21(2)36-42-30)35-32(38)41-22(3)27-7-5-6-8-28(27)34/h5-16,22H,4,17-20H2,1-3H3,(H,35,38). The summed E-state index contributed by atoms with van der Waals surface area (Å²) < 4.78 is 22.1. The lowest BCUT2D eigenvalue weighted by molar-refractivity contribution is -0.154. The van der Waals surface area contributed by atoms with Crippen molar-refractivity contribution in [2.45, 2.75) is 45.1 Å². The average Bonchev–Trinajstić information content (AvgIpc) is 3.37. The third kappa shape index (κ3) is 6.05. The Labute approximate surface area is 249 Å². The molecule has 1 aliphatic heterocycles. The molecule has 4 aromatic rings. The van der Waals surface area contributed by atoms with Crippen LogP contribution in [0.5, 0.6) is 0 Å². The normalized spacial score (nSPS) is 15.0. The largest absolute Gasteiger partial charge is 0.465 e. The zero-order valence-electron chi connectivity index (χ0n) is 23.8. The summed E-state index contributed by atoms with van der Waals surface area (Å²) in [7, 11) is 0. The van der Waals surface area contributed by atoms with Crippen LogP contribution in [0.3, 0.4) is 0 Å². The van der Waals surface area contributed by atoms with Gasteiger partial charge < -0.3 is 18.7 Å². The minimum absolute atomic E-state index is 0.195. The molecule has 0 radical (unpaired) electrons. The van der Waals surface area contributed by atoms with Crippen molar-refractivity contribution < 1.29 is 28.3 Å². The Balaban J connectivity index is 1.31. The molecule has 5 rings (SSSR count). The second-order valence-corrected chi connectivity index (χ2v) is 10.6. The highest BCUT2D eigenvalue weighted by atomic mass is 35.5. The van der Waals surface area contributed by atoms with Crippen LogP contribution in [0, 0.1) is 6.92 Å². The van der Waals surface area contributed by atoms with Crippen LogP contribution in [0.4, 0.5) is 10.5 Å². The van der Waals surface area contributed by atoms with Gasteiger partial charge in [-0.15, -0.1) is 0 Å². The molecular weight excluding hydrogens is 556 g/mol. The summed E-state index contributed by atoms with van der Waals surface area (Å²) >= 11 is 6.25. The van der Waals surface area contributed by atoms with Gasteiger partial charge in [0.1, 0.15) is 17.5 Å². The molecule has 1 amide bonds. The van der Waals surface area contributed by atoms with Crippen LogP contribution in [-0.2, 0) is 24.4 Å². The number of aryl methyl sites for hydroxylation is 1. The first-order chi connectivity index (χ1) is 20.3. The van der Waals surface area contributed by atoms with Gasteiger partial charge in [0.05, 0.1) is 12.0 Å². The monoisotopic (exact) mass is 588 g/mol. The van der Waals surface area contributed by atoms with Crippen molar-refractivity contribution in [3.8, 4) is 22.5 Å². The molecule has 1 aliphatic rings. The van der Waals surface area contributed by atoms with E-state index in [1.54, 1.807) is 19.9 Å². The fraction of sp³-hybridized carbons (Fsp3) is 0.303. The third-order valence-electron chi connectivity index (χ3n) is 7.65. The molecule has 2 heterocycles. The number of rotatable bonds is 8. The van der Waals surface area contributed by atoms with Crippen LogP contribution in [0.25, 0.3) is 22.5 Å². The summed E-state index contributed by atoms with van der Waals surface area (Å²) in [4.78, 5) is 25.7. The highest BCUT2D eigenvalue weighted by molar-refractivity contribution is 6.31. The molecule has 1 fully saturated rings. The molecule has 1 saturated heterocycles.